The first-order valence-electron chi connectivity index (χ1n) is 9.63. The van der Waals surface area contributed by atoms with Crippen molar-refractivity contribution in [2.24, 2.45) is 11.5 Å². The van der Waals surface area contributed by atoms with E-state index < -0.39 is 0 Å². The van der Waals surface area contributed by atoms with Crippen LogP contribution in [0, 0.1) is 10.8 Å². The normalized spacial score (nSPS) is 11.6. The second-order valence-electron chi connectivity index (χ2n) is 6.79. The van der Waals surface area contributed by atoms with Gasteiger partial charge in [0, 0.05) is 19.3 Å². The predicted octanol–water partition coefficient (Wildman–Crippen LogP) is 4.01. The lowest BCUT2D eigenvalue weighted by Crippen LogP contribution is -2.23. The van der Waals surface area contributed by atoms with E-state index in [0.29, 0.717) is 12.8 Å². The van der Waals surface area contributed by atoms with Gasteiger partial charge < -0.3 is 20.9 Å². The van der Waals surface area contributed by atoms with Crippen LogP contribution in [0.15, 0.2) is 48.5 Å². The van der Waals surface area contributed by atoms with Crippen molar-refractivity contribution in [1.82, 2.24) is 0 Å². The standard InChI is InChI=1S/C22H30N4O2/c1-2-3-22(27-18-10-4-16(5-11-18)8-14-20(23)24)28-19-12-6-17(7-13-19)9-15-21(25)26/h4-7,10-13,22H,2-3,8-9,14-15H2,1H3,(H3,23,24)(H3,25,26). The molecule has 0 spiro atoms. The molecule has 0 bridgehead atoms. The SMILES string of the molecule is CCCC(Oc1ccc(CCC(=N)N)cc1)Oc1ccc(CCC(=N)N)cc1. The van der Waals surface area contributed by atoms with E-state index in [1.807, 2.05) is 48.5 Å². The Balaban J connectivity index is 1.93. The van der Waals surface area contributed by atoms with Gasteiger partial charge >= 0.3 is 0 Å². The Bertz CT molecular complexity index is 694. The molecule has 0 amide bonds. The molecule has 28 heavy (non-hydrogen) atoms. The number of hydrogen-bond acceptors (Lipinski definition) is 4. The maximum atomic E-state index is 7.31. The summed E-state index contributed by atoms with van der Waals surface area (Å²) < 4.78 is 12.0. The molecule has 2 aromatic rings. The highest BCUT2D eigenvalue weighted by molar-refractivity contribution is 5.77. The highest BCUT2D eigenvalue weighted by Gasteiger charge is 2.12. The number of amidine groups is 2. The van der Waals surface area contributed by atoms with Gasteiger partial charge in [-0.15, -0.1) is 0 Å². The van der Waals surface area contributed by atoms with Gasteiger partial charge in [0.2, 0.25) is 6.29 Å². The Kier molecular flexibility index (Phi) is 8.34. The van der Waals surface area contributed by atoms with Crippen molar-refractivity contribution in [2.45, 2.75) is 51.7 Å². The van der Waals surface area contributed by atoms with Gasteiger partial charge in [-0.2, -0.15) is 0 Å². The summed E-state index contributed by atoms with van der Waals surface area (Å²) in [5.41, 5.74) is 13.1. The zero-order valence-electron chi connectivity index (χ0n) is 16.4. The molecule has 0 atom stereocenters. The van der Waals surface area contributed by atoms with E-state index in [2.05, 4.69) is 6.92 Å². The quantitative estimate of drug-likeness (QED) is 0.252. The van der Waals surface area contributed by atoms with Crippen LogP contribution in [0.2, 0.25) is 0 Å². The van der Waals surface area contributed by atoms with Crippen LogP contribution >= 0.6 is 0 Å². The lowest BCUT2D eigenvalue weighted by molar-refractivity contribution is -0.00106. The van der Waals surface area contributed by atoms with E-state index in [1.54, 1.807) is 0 Å². The van der Waals surface area contributed by atoms with Crippen molar-refractivity contribution >= 4 is 11.7 Å². The third kappa shape index (κ3) is 7.70. The second-order valence-corrected chi connectivity index (χ2v) is 6.79. The molecule has 0 fully saturated rings. The van der Waals surface area contributed by atoms with Gasteiger partial charge in [0.25, 0.3) is 0 Å². The largest absolute Gasteiger partial charge is 0.455 e. The molecule has 0 aliphatic rings. The first-order valence-corrected chi connectivity index (χ1v) is 9.63. The minimum atomic E-state index is -0.365. The van der Waals surface area contributed by atoms with Gasteiger partial charge in [-0.1, -0.05) is 31.2 Å². The fraction of sp³-hybridized carbons (Fsp3) is 0.364. The second kappa shape index (κ2) is 11.0. The van der Waals surface area contributed by atoms with Gasteiger partial charge in [0.1, 0.15) is 11.5 Å². The van der Waals surface area contributed by atoms with E-state index in [9.17, 15) is 0 Å². The van der Waals surface area contributed by atoms with Crippen LogP contribution in [-0.4, -0.2) is 18.0 Å². The molecular formula is C22H30N4O2. The molecule has 0 unspecified atom stereocenters. The number of benzene rings is 2. The Morgan fingerprint density at radius 3 is 1.50 bits per heavy atom. The lowest BCUT2D eigenvalue weighted by atomic mass is 10.1. The highest BCUT2D eigenvalue weighted by Crippen LogP contribution is 2.21. The maximum absolute atomic E-state index is 7.31. The van der Waals surface area contributed by atoms with Crippen LogP contribution in [0.3, 0.4) is 0 Å². The number of ether oxygens (including phenoxy) is 2. The molecule has 0 heterocycles. The number of rotatable bonds is 12. The minimum absolute atomic E-state index is 0.198. The third-order valence-corrected chi connectivity index (χ3v) is 4.27. The van der Waals surface area contributed by atoms with Crippen LogP contribution < -0.4 is 20.9 Å². The molecular weight excluding hydrogens is 352 g/mol. The predicted molar refractivity (Wildman–Crippen MR) is 113 cm³/mol. The zero-order chi connectivity index (χ0) is 20.4. The van der Waals surface area contributed by atoms with Crippen LogP contribution in [0.1, 0.15) is 43.7 Å². The topological polar surface area (TPSA) is 118 Å². The molecule has 6 N–H and O–H groups in total. The van der Waals surface area contributed by atoms with Crippen molar-refractivity contribution in [1.29, 1.82) is 10.8 Å². The van der Waals surface area contributed by atoms with Gasteiger partial charge in [-0.05, 0) is 54.7 Å². The van der Waals surface area contributed by atoms with Gasteiger partial charge in [0.15, 0.2) is 0 Å². The monoisotopic (exact) mass is 382 g/mol. The molecule has 6 nitrogen and oxygen atoms in total. The minimum Gasteiger partial charge on any atom is -0.455 e. The summed E-state index contributed by atoms with van der Waals surface area (Å²) in [7, 11) is 0. The fourth-order valence-corrected chi connectivity index (χ4v) is 2.71. The molecule has 0 aliphatic carbocycles. The third-order valence-electron chi connectivity index (χ3n) is 4.27. The first kappa shape index (κ1) is 21.3. The van der Waals surface area contributed by atoms with E-state index in [4.69, 9.17) is 31.8 Å². The summed E-state index contributed by atoms with van der Waals surface area (Å²) in [6, 6.07) is 15.7. The van der Waals surface area contributed by atoms with Crippen molar-refractivity contribution in [3.05, 3.63) is 59.7 Å². The molecule has 0 saturated carbocycles. The van der Waals surface area contributed by atoms with Gasteiger partial charge in [0.05, 0.1) is 11.7 Å². The molecule has 150 valence electrons. The van der Waals surface area contributed by atoms with Crippen molar-refractivity contribution in [3.8, 4) is 11.5 Å². The van der Waals surface area contributed by atoms with Crippen molar-refractivity contribution in [2.75, 3.05) is 0 Å². The molecule has 0 aromatic heterocycles. The Morgan fingerprint density at radius 1 is 0.786 bits per heavy atom. The highest BCUT2D eigenvalue weighted by atomic mass is 16.7. The lowest BCUT2D eigenvalue weighted by Gasteiger charge is -2.20. The van der Waals surface area contributed by atoms with Crippen LogP contribution in [0.4, 0.5) is 0 Å². The molecule has 2 aromatic carbocycles. The summed E-state index contributed by atoms with van der Waals surface area (Å²) in [5.74, 6) is 1.90. The number of hydrogen-bond donors (Lipinski definition) is 4. The molecule has 0 aliphatic heterocycles. The van der Waals surface area contributed by atoms with E-state index in [-0.39, 0.29) is 18.0 Å². The van der Waals surface area contributed by atoms with Gasteiger partial charge in [-0.3, -0.25) is 10.8 Å². The molecule has 0 saturated heterocycles. The smallest absolute Gasteiger partial charge is 0.241 e. The van der Waals surface area contributed by atoms with Crippen molar-refractivity contribution in [3.63, 3.8) is 0 Å². The summed E-state index contributed by atoms with van der Waals surface area (Å²) in [5, 5.41) is 14.6. The number of nitrogens with two attached hydrogens (primary N) is 2. The average molecular weight is 383 g/mol. The van der Waals surface area contributed by atoms with E-state index in [0.717, 1.165) is 48.3 Å². The Morgan fingerprint density at radius 2 is 1.18 bits per heavy atom. The summed E-state index contributed by atoms with van der Waals surface area (Å²) in [4.78, 5) is 0. The van der Waals surface area contributed by atoms with Crippen molar-refractivity contribution < 1.29 is 9.47 Å². The average Bonchev–Trinajstić information content (AvgIpc) is 2.67. The molecule has 2 rings (SSSR count). The molecule has 6 heteroatoms. The summed E-state index contributed by atoms with van der Waals surface area (Å²) in [6.07, 6.45) is 3.97. The maximum Gasteiger partial charge on any atom is 0.241 e. The number of aryl methyl sites for hydroxylation is 2. The Hall–Kier alpha value is -3.02. The first-order chi connectivity index (χ1) is 13.5. The van der Waals surface area contributed by atoms with Crippen LogP contribution in [0.25, 0.3) is 0 Å². The number of nitrogens with one attached hydrogen (secondary N) is 2. The van der Waals surface area contributed by atoms with Crippen LogP contribution in [-0.2, 0) is 12.8 Å². The fourth-order valence-electron chi connectivity index (χ4n) is 2.71. The van der Waals surface area contributed by atoms with Gasteiger partial charge in [-0.25, -0.2) is 0 Å². The Labute approximate surface area is 166 Å². The summed E-state index contributed by atoms with van der Waals surface area (Å²) >= 11 is 0. The summed E-state index contributed by atoms with van der Waals surface area (Å²) in [6.45, 7) is 2.09. The molecule has 0 radical (unpaired) electrons. The van der Waals surface area contributed by atoms with Crippen LogP contribution in [0.5, 0.6) is 11.5 Å². The zero-order valence-corrected chi connectivity index (χ0v) is 16.4. The van der Waals surface area contributed by atoms with E-state index in [1.165, 1.54) is 0 Å². The van der Waals surface area contributed by atoms with E-state index >= 15 is 0 Å².